The number of hydrogen-bond donors (Lipinski definition) is 4. The zero-order chi connectivity index (χ0) is 30.9. The highest BCUT2D eigenvalue weighted by molar-refractivity contribution is 6.35. The molecule has 0 aliphatic carbocycles. The van der Waals surface area contributed by atoms with E-state index in [1.807, 2.05) is 45.9 Å². The molecule has 0 saturated carbocycles. The second-order valence-electron chi connectivity index (χ2n) is 8.48. The predicted molar refractivity (Wildman–Crippen MR) is 163 cm³/mol. The number of hydrogen-bond acceptors (Lipinski definition) is 3. The molecule has 0 atom stereocenters. The Balaban J connectivity index is 0.00000116. The van der Waals surface area contributed by atoms with Crippen LogP contribution in [-0.4, -0.2) is 22.6 Å². The van der Waals surface area contributed by atoms with Crippen molar-refractivity contribution in [2.75, 3.05) is 10.6 Å². The lowest BCUT2D eigenvalue weighted by Crippen LogP contribution is -2.17. The maximum Gasteiger partial charge on any atom is 0.416 e. The highest BCUT2D eigenvalue weighted by Crippen LogP contribution is 2.35. The van der Waals surface area contributed by atoms with Crippen LogP contribution in [0.25, 0.3) is 11.6 Å². The van der Waals surface area contributed by atoms with Crippen molar-refractivity contribution in [1.82, 2.24) is 4.98 Å². The number of nitrogens with zero attached hydrogens (tertiary/aromatic N) is 1. The molecule has 5 rings (SSSR count). The van der Waals surface area contributed by atoms with Gasteiger partial charge < -0.3 is 21.4 Å². The Hall–Kier alpha value is -5.12. The fourth-order valence-electron chi connectivity index (χ4n) is 4.00. The molecule has 218 valence electrons. The first-order chi connectivity index (χ1) is 20.2. The Kier molecular flexibility index (Phi) is 10.5. The average Bonchev–Trinajstić information content (AvgIpc) is 3.62. The van der Waals surface area contributed by atoms with Crippen molar-refractivity contribution in [3.63, 3.8) is 0 Å². The lowest BCUT2D eigenvalue weighted by Gasteiger charge is -2.10. The summed E-state index contributed by atoms with van der Waals surface area (Å²) in [6.45, 7) is 8.00. The molecule has 10 heteroatoms. The summed E-state index contributed by atoms with van der Waals surface area (Å²) in [7, 11) is 0. The number of aromatic amines is 1. The molecule has 4 aromatic rings. The maximum absolute atomic E-state index is 13.0. The molecular weight excluding hydrogens is 543 g/mol. The molecule has 1 aliphatic rings. The number of halogens is 3. The van der Waals surface area contributed by atoms with Crippen LogP contribution in [0.15, 0.2) is 90.1 Å². The SMILES string of the molecule is CC.CC.NC(=NC(=O)c1cccc(Nc2ccc3c(c2)NC(=O)/C3=C\c2ccc[nH]2)c1)c1cccc(C(F)(F)F)c1. The van der Waals surface area contributed by atoms with Crippen LogP contribution in [0.4, 0.5) is 30.2 Å². The van der Waals surface area contributed by atoms with Gasteiger partial charge in [-0.2, -0.15) is 18.2 Å². The number of rotatable bonds is 5. The van der Waals surface area contributed by atoms with E-state index in [1.165, 1.54) is 18.2 Å². The quantitative estimate of drug-likeness (QED) is 0.110. The topological polar surface area (TPSA) is 112 Å². The van der Waals surface area contributed by atoms with Crippen LogP contribution >= 0.6 is 0 Å². The van der Waals surface area contributed by atoms with Crippen molar-refractivity contribution in [3.05, 3.63) is 113 Å². The second kappa shape index (κ2) is 14.0. The molecule has 2 heterocycles. The number of aromatic nitrogens is 1. The minimum absolute atomic E-state index is 0.00710. The molecule has 5 N–H and O–H groups in total. The molecule has 0 saturated heterocycles. The van der Waals surface area contributed by atoms with E-state index in [4.69, 9.17) is 5.73 Å². The number of benzene rings is 3. The standard InChI is InChI=1S/C28H20F3N5O2.2C2H6/c29-28(30,31)18-6-1-4-16(12-18)25(32)36-26(37)17-5-2-7-20(13-17)34-21-9-10-22-23(14-19-8-3-11-33-19)27(38)35-24(22)15-21;2*1-2/h1-15,33-34H,(H,35,38)(H2,32,36,37);2*1-2H3/b23-14-;;. The number of carbonyl (C=O) groups excluding carboxylic acids is 2. The van der Waals surface area contributed by atoms with Gasteiger partial charge in [0.1, 0.15) is 5.84 Å². The van der Waals surface area contributed by atoms with Gasteiger partial charge in [0.05, 0.1) is 16.8 Å². The number of alkyl halides is 3. The summed E-state index contributed by atoms with van der Waals surface area (Å²) in [5.41, 5.74) is 9.11. The van der Waals surface area contributed by atoms with Gasteiger partial charge in [-0.25, -0.2) is 0 Å². The fourth-order valence-corrected chi connectivity index (χ4v) is 4.00. The van der Waals surface area contributed by atoms with E-state index in [9.17, 15) is 22.8 Å². The summed E-state index contributed by atoms with van der Waals surface area (Å²) >= 11 is 0. The summed E-state index contributed by atoms with van der Waals surface area (Å²) in [4.78, 5) is 32.0. The van der Waals surface area contributed by atoms with Gasteiger partial charge in [-0.1, -0.05) is 52.0 Å². The molecule has 0 unspecified atom stereocenters. The first-order valence-electron chi connectivity index (χ1n) is 13.4. The van der Waals surface area contributed by atoms with E-state index >= 15 is 0 Å². The molecule has 42 heavy (non-hydrogen) atoms. The van der Waals surface area contributed by atoms with E-state index < -0.39 is 17.6 Å². The molecular formula is C32H32F3N5O2. The predicted octanol–water partition coefficient (Wildman–Crippen LogP) is 7.87. The Morgan fingerprint density at radius 1 is 0.881 bits per heavy atom. The van der Waals surface area contributed by atoms with Gasteiger partial charge in [-0.3, -0.25) is 9.59 Å². The number of amidine groups is 1. The smallest absolute Gasteiger partial charge is 0.383 e. The van der Waals surface area contributed by atoms with Crippen molar-refractivity contribution in [2.24, 2.45) is 10.7 Å². The number of nitrogens with one attached hydrogen (secondary N) is 3. The Morgan fingerprint density at radius 2 is 1.57 bits per heavy atom. The normalized spacial score (nSPS) is 13.3. The second-order valence-corrected chi connectivity index (χ2v) is 8.48. The first kappa shape index (κ1) is 31.4. The summed E-state index contributed by atoms with van der Waals surface area (Å²) in [5.74, 6) is -1.24. The molecule has 1 aliphatic heterocycles. The van der Waals surface area contributed by atoms with E-state index in [0.29, 0.717) is 22.6 Å². The first-order valence-corrected chi connectivity index (χ1v) is 13.4. The van der Waals surface area contributed by atoms with Crippen molar-refractivity contribution in [2.45, 2.75) is 33.9 Å². The number of nitrogens with two attached hydrogens (primary N) is 1. The van der Waals surface area contributed by atoms with Crippen molar-refractivity contribution < 1.29 is 22.8 Å². The number of fused-ring (bicyclic) bond motifs is 1. The van der Waals surface area contributed by atoms with Crippen LogP contribution in [0.3, 0.4) is 0 Å². The molecule has 1 aromatic heterocycles. The molecule has 3 aromatic carbocycles. The number of amides is 2. The van der Waals surface area contributed by atoms with Crippen molar-refractivity contribution >= 4 is 46.4 Å². The minimum atomic E-state index is -4.54. The molecule has 2 amide bonds. The number of H-pyrrole nitrogens is 1. The van der Waals surface area contributed by atoms with Gasteiger partial charge in [0.15, 0.2) is 0 Å². The lowest BCUT2D eigenvalue weighted by molar-refractivity contribution is -0.137. The van der Waals surface area contributed by atoms with Gasteiger partial charge in [0.2, 0.25) is 0 Å². The van der Waals surface area contributed by atoms with Crippen molar-refractivity contribution in [1.29, 1.82) is 0 Å². The Morgan fingerprint density at radius 3 is 2.26 bits per heavy atom. The van der Waals surface area contributed by atoms with Crippen LogP contribution in [0.1, 0.15) is 60.4 Å². The van der Waals surface area contributed by atoms with E-state index in [-0.39, 0.29) is 22.9 Å². The highest BCUT2D eigenvalue weighted by Gasteiger charge is 2.30. The van der Waals surface area contributed by atoms with Gasteiger partial charge >= 0.3 is 6.18 Å². The average molecular weight is 576 g/mol. The number of aliphatic imine (C=N–C) groups is 1. The van der Waals surface area contributed by atoms with Crippen molar-refractivity contribution in [3.8, 4) is 0 Å². The Labute approximate surface area is 242 Å². The van der Waals surface area contributed by atoms with Gasteiger partial charge in [0.25, 0.3) is 11.8 Å². The Bertz CT molecular complexity index is 1610. The minimum Gasteiger partial charge on any atom is -0.383 e. The third-order valence-electron chi connectivity index (χ3n) is 5.83. The summed E-state index contributed by atoms with van der Waals surface area (Å²) < 4.78 is 39.0. The van der Waals surface area contributed by atoms with E-state index in [0.717, 1.165) is 23.4 Å². The third kappa shape index (κ3) is 7.54. The number of carbonyl (C=O) groups is 2. The zero-order valence-electron chi connectivity index (χ0n) is 23.6. The molecule has 7 nitrogen and oxygen atoms in total. The summed E-state index contributed by atoms with van der Waals surface area (Å²) in [6.07, 6.45) is -0.993. The van der Waals surface area contributed by atoms with Crippen LogP contribution in [-0.2, 0) is 11.0 Å². The maximum atomic E-state index is 13.0. The monoisotopic (exact) mass is 575 g/mol. The lowest BCUT2D eigenvalue weighted by atomic mass is 10.1. The summed E-state index contributed by atoms with van der Waals surface area (Å²) in [5, 5.41) is 6.03. The molecule has 0 radical (unpaired) electrons. The van der Waals surface area contributed by atoms with Gasteiger partial charge in [-0.05, 0) is 60.7 Å². The fraction of sp³-hybridized carbons (Fsp3) is 0.156. The summed E-state index contributed by atoms with van der Waals surface area (Å²) in [6, 6.07) is 19.9. The molecule has 0 bridgehead atoms. The van der Waals surface area contributed by atoms with Crippen LogP contribution in [0.2, 0.25) is 0 Å². The molecule has 0 fully saturated rings. The zero-order valence-corrected chi connectivity index (χ0v) is 23.6. The third-order valence-corrected chi connectivity index (χ3v) is 5.83. The van der Waals surface area contributed by atoms with Gasteiger partial charge in [-0.15, -0.1) is 0 Å². The van der Waals surface area contributed by atoms with E-state index in [1.54, 1.807) is 42.6 Å². The van der Waals surface area contributed by atoms with Gasteiger partial charge in [0, 0.05) is 40.0 Å². The highest BCUT2D eigenvalue weighted by atomic mass is 19.4. The van der Waals surface area contributed by atoms with Crippen LogP contribution in [0, 0.1) is 0 Å². The number of anilines is 3. The van der Waals surface area contributed by atoms with Crippen LogP contribution < -0.4 is 16.4 Å². The van der Waals surface area contributed by atoms with E-state index in [2.05, 4.69) is 20.6 Å². The largest absolute Gasteiger partial charge is 0.416 e. The van der Waals surface area contributed by atoms with Crippen LogP contribution in [0.5, 0.6) is 0 Å². The molecule has 0 spiro atoms.